The lowest BCUT2D eigenvalue weighted by atomic mass is 9.77. The molecule has 1 heteroatoms. The summed E-state index contributed by atoms with van der Waals surface area (Å²) in [5.41, 5.74) is 0. The molecule has 0 aromatic rings. The van der Waals surface area contributed by atoms with Crippen LogP contribution >= 0.6 is 0 Å². The average Bonchev–Trinajstić information content (AvgIpc) is 2.64. The Morgan fingerprint density at radius 1 is 0.867 bits per heavy atom. The van der Waals surface area contributed by atoms with Gasteiger partial charge in [0.15, 0.2) is 0 Å². The van der Waals surface area contributed by atoms with E-state index in [9.17, 15) is 4.79 Å². The van der Waals surface area contributed by atoms with Crippen LogP contribution in [0, 0.1) is 23.7 Å². The second-order valence-corrected chi connectivity index (χ2v) is 5.99. The van der Waals surface area contributed by atoms with Gasteiger partial charge in [-0.15, -0.1) is 0 Å². The largest absolute Gasteiger partial charge is 0.299 e. The summed E-state index contributed by atoms with van der Waals surface area (Å²) in [5, 5.41) is 0. The Hall–Kier alpha value is -0.330. The Balaban J connectivity index is 1.89. The summed E-state index contributed by atoms with van der Waals surface area (Å²) in [7, 11) is 0. The zero-order valence-corrected chi connectivity index (χ0v) is 10.2. The molecule has 0 aromatic heterocycles. The molecule has 1 nitrogen and oxygen atoms in total. The van der Waals surface area contributed by atoms with Crippen molar-refractivity contribution in [3.8, 4) is 0 Å². The highest BCUT2D eigenvalue weighted by atomic mass is 16.1. The zero-order chi connectivity index (χ0) is 10.8. The van der Waals surface area contributed by atoms with E-state index >= 15 is 0 Å². The molecule has 0 aromatic carbocycles. The van der Waals surface area contributed by atoms with Gasteiger partial charge in [0.05, 0.1) is 0 Å². The highest BCUT2D eigenvalue weighted by molar-refractivity contribution is 5.83. The van der Waals surface area contributed by atoms with Gasteiger partial charge in [-0.05, 0) is 43.9 Å². The Bertz CT molecular complexity index is 233. The van der Waals surface area contributed by atoms with E-state index in [1.54, 1.807) is 0 Å². The van der Waals surface area contributed by atoms with Crippen LogP contribution in [0.5, 0.6) is 0 Å². The lowest BCUT2D eigenvalue weighted by Crippen LogP contribution is -2.26. The zero-order valence-electron chi connectivity index (χ0n) is 10.2. The smallest absolute Gasteiger partial charge is 0.139 e. The van der Waals surface area contributed by atoms with Crippen molar-refractivity contribution in [2.45, 2.75) is 58.8 Å². The van der Waals surface area contributed by atoms with E-state index in [2.05, 4.69) is 13.8 Å². The van der Waals surface area contributed by atoms with Gasteiger partial charge in [0.1, 0.15) is 5.78 Å². The molecule has 0 amide bonds. The SMILES string of the molecule is CC1CCCC(C(=O)C2CCC(C)C2)C1. The molecule has 4 unspecified atom stereocenters. The van der Waals surface area contributed by atoms with Crippen LogP contribution in [0.4, 0.5) is 0 Å². The van der Waals surface area contributed by atoms with Gasteiger partial charge in [-0.1, -0.05) is 26.7 Å². The molecule has 2 aliphatic rings. The van der Waals surface area contributed by atoms with Crippen LogP contribution in [0.2, 0.25) is 0 Å². The fourth-order valence-corrected chi connectivity index (χ4v) is 3.49. The monoisotopic (exact) mass is 208 g/mol. The molecule has 0 radical (unpaired) electrons. The molecule has 4 atom stereocenters. The lowest BCUT2D eigenvalue weighted by molar-refractivity contribution is -0.128. The van der Waals surface area contributed by atoms with E-state index in [4.69, 9.17) is 0 Å². The first kappa shape index (κ1) is 11.2. The molecule has 0 aliphatic heterocycles. The van der Waals surface area contributed by atoms with Crippen LogP contribution in [-0.4, -0.2) is 5.78 Å². The average molecular weight is 208 g/mol. The Morgan fingerprint density at radius 3 is 2.00 bits per heavy atom. The van der Waals surface area contributed by atoms with Crippen molar-refractivity contribution < 1.29 is 4.79 Å². The molecule has 86 valence electrons. The second-order valence-electron chi connectivity index (χ2n) is 5.99. The van der Waals surface area contributed by atoms with Gasteiger partial charge >= 0.3 is 0 Å². The number of hydrogen-bond acceptors (Lipinski definition) is 1. The molecule has 2 rings (SSSR count). The van der Waals surface area contributed by atoms with Crippen molar-refractivity contribution in [2.75, 3.05) is 0 Å². The van der Waals surface area contributed by atoms with Crippen molar-refractivity contribution >= 4 is 5.78 Å². The third-order valence-corrected chi connectivity index (χ3v) is 4.44. The number of carbonyl (C=O) groups is 1. The molecule has 0 saturated heterocycles. The van der Waals surface area contributed by atoms with Crippen LogP contribution in [0.1, 0.15) is 58.8 Å². The number of carbonyl (C=O) groups excluding carboxylic acids is 1. The summed E-state index contributed by atoms with van der Waals surface area (Å²) >= 11 is 0. The topological polar surface area (TPSA) is 17.1 Å². The van der Waals surface area contributed by atoms with Gasteiger partial charge < -0.3 is 0 Å². The van der Waals surface area contributed by atoms with Gasteiger partial charge in [0.2, 0.25) is 0 Å². The Morgan fingerprint density at radius 2 is 1.47 bits per heavy atom. The Labute approximate surface area is 93.6 Å². The molecule has 2 aliphatic carbocycles. The summed E-state index contributed by atoms with van der Waals surface area (Å²) in [6, 6.07) is 0. The van der Waals surface area contributed by atoms with Crippen LogP contribution < -0.4 is 0 Å². The molecule has 0 bridgehead atoms. The minimum Gasteiger partial charge on any atom is -0.299 e. The van der Waals surface area contributed by atoms with E-state index in [1.807, 2.05) is 0 Å². The molecule has 0 spiro atoms. The van der Waals surface area contributed by atoms with Crippen molar-refractivity contribution in [1.82, 2.24) is 0 Å². The fraction of sp³-hybridized carbons (Fsp3) is 0.929. The molecular formula is C14H24O. The van der Waals surface area contributed by atoms with Crippen molar-refractivity contribution in [1.29, 1.82) is 0 Å². The quantitative estimate of drug-likeness (QED) is 0.674. The summed E-state index contributed by atoms with van der Waals surface area (Å²) in [5.74, 6) is 3.04. The number of rotatable bonds is 2. The number of Topliss-reactive ketones (excluding diaryl/α,β-unsaturated/α-hetero) is 1. The summed E-state index contributed by atoms with van der Waals surface area (Å²) in [6.45, 7) is 4.59. The normalized spacial score (nSPS) is 41.7. The number of ketones is 1. The van der Waals surface area contributed by atoms with Gasteiger partial charge in [-0.2, -0.15) is 0 Å². The third kappa shape index (κ3) is 2.62. The highest BCUT2D eigenvalue weighted by Crippen LogP contribution is 2.37. The molecule has 2 saturated carbocycles. The Kier molecular flexibility index (Phi) is 3.48. The molecule has 2 fully saturated rings. The predicted molar refractivity (Wildman–Crippen MR) is 62.6 cm³/mol. The minimum atomic E-state index is 0.420. The maximum Gasteiger partial charge on any atom is 0.139 e. The molecular weight excluding hydrogens is 184 g/mol. The van der Waals surface area contributed by atoms with Gasteiger partial charge in [0, 0.05) is 11.8 Å². The molecule has 15 heavy (non-hydrogen) atoms. The van der Waals surface area contributed by atoms with Crippen LogP contribution in [0.15, 0.2) is 0 Å². The third-order valence-electron chi connectivity index (χ3n) is 4.44. The summed E-state index contributed by atoms with van der Waals surface area (Å²) < 4.78 is 0. The second kappa shape index (κ2) is 4.67. The van der Waals surface area contributed by atoms with Crippen molar-refractivity contribution in [3.63, 3.8) is 0 Å². The van der Waals surface area contributed by atoms with E-state index in [1.165, 1.54) is 44.9 Å². The van der Waals surface area contributed by atoms with E-state index in [0.29, 0.717) is 17.6 Å². The first-order valence-corrected chi connectivity index (χ1v) is 6.70. The fourth-order valence-electron chi connectivity index (χ4n) is 3.49. The van der Waals surface area contributed by atoms with E-state index in [-0.39, 0.29) is 0 Å². The van der Waals surface area contributed by atoms with E-state index in [0.717, 1.165) is 11.8 Å². The van der Waals surface area contributed by atoms with Crippen LogP contribution in [0.25, 0.3) is 0 Å². The maximum absolute atomic E-state index is 12.3. The maximum atomic E-state index is 12.3. The van der Waals surface area contributed by atoms with Crippen molar-refractivity contribution in [3.05, 3.63) is 0 Å². The highest BCUT2D eigenvalue weighted by Gasteiger charge is 2.33. The predicted octanol–water partition coefficient (Wildman–Crippen LogP) is 3.82. The standard InChI is InChI=1S/C14H24O/c1-10-4-3-5-12(8-10)14(15)13-7-6-11(2)9-13/h10-13H,3-9H2,1-2H3. The van der Waals surface area contributed by atoms with Gasteiger partial charge in [-0.3, -0.25) is 4.79 Å². The van der Waals surface area contributed by atoms with Gasteiger partial charge in [-0.25, -0.2) is 0 Å². The van der Waals surface area contributed by atoms with Crippen LogP contribution in [-0.2, 0) is 4.79 Å². The van der Waals surface area contributed by atoms with Crippen LogP contribution in [0.3, 0.4) is 0 Å². The van der Waals surface area contributed by atoms with Gasteiger partial charge in [0.25, 0.3) is 0 Å². The summed E-state index contributed by atoms with van der Waals surface area (Å²) in [6.07, 6.45) is 8.58. The van der Waals surface area contributed by atoms with Crippen molar-refractivity contribution in [2.24, 2.45) is 23.7 Å². The lowest BCUT2D eigenvalue weighted by Gasteiger charge is -2.27. The van der Waals surface area contributed by atoms with E-state index < -0.39 is 0 Å². The first-order chi connectivity index (χ1) is 7.16. The molecule has 0 N–H and O–H groups in total. The minimum absolute atomic E-state index is 0.420. The first-order valence-electron chi connectivity index (χ1n) is 6.70. The molecule has 0 heterocycles. The number of hydrogen-bond donors (Lipinski definition) is 0. The summed E-state index contributed by atoms with van der Waals surface area (Å²) in [4.78, 5) is 12.3.